The maximum absolute atomic E-state index is 12.0. The molecule has 2 atom stereocenters. The average molecular weight is 492 g/mol. The molecule has 1 aromatic rings. The van der Waals surface area contributed by atoms with Gasteiger partial charge in [-0.15, -0.1) is 24.0 Å². The Morgan fingerprint density at radius 2 is 2.04 bits per heavy atom. The van der Waals surface area contributed by atoms with E-state index in [0.29, 0.717) is 25.4 Å². The summed E-state index contributed by atoms with van der Waals surface area (Å²) in [6.07, 6.45) is 2.25. The fraction of sp³-hybridized carbons (Fsp3) is 0.611. The van der Waals surface area contributed by atoms with Crippen LogP contribution in [0, 0.1) is 18.8 Å². The summed E-state index contributed by atoms with van der Waals surface area (Å²) in [5.41, 5.74) is 0.823. The topological polar surface area (TPSA) is 96.2 Å². The number of nitrogens with zero attached hydrogens (tertiary/aromatic N) is 2. The number of likely N-dealkylation sites (tertiary alicyclic amines) is 1. The number of hydrogen-bond donors (Lipinski definition) is 2. The van der Waals surface area contributed by atoms with Crippen molar-refractivity contribution in [1.82, 2.24) is 15.5 Å². The molecular formula is C18H29IN4O4. The molecule has 1 amide bonds. The van der Waals surface area contributed by atoms with E-state index < -0.39 is 0 Å². The van der Waals surface area contributed by atoms with Crippen LogP contribution in [0.4, 0.5) is 0 Å². The molecule has 1 aromatic heterocycles. The molecule has 0 aromatic carbocycles. The Labute approximate surface area is 177 Å². The third-order valence-electron chi connectivity index (χ3n) is 4.62. The molecule has 1 saturated heterocycles. The Hall–Kier alpha value is -1.78. The summed E-state index contributed by atoms with van der Waals surface area (Å²) in [5.74, 6) is 0.828. The number of aryl methyl sites for hydroxylation is 1. The van der Waals surface area contributed by atoms with E-state index in [-0.39, 0.29) is 47.7 Å². The average Bonchev–Trinajstić information content (AvgIpc) is 3.23. The summed E-state index contributed by atoms with van der Waals surface area (Å²) >= 11 is 0. The molecule has 0 radical (unpaired) electrons. The van der Waals surface area contributed by atoms with Gasteiger partial charge in [-0.1, -0.05) is 6.92 Å². The van der Waals surface area contributed by atoms with Crippen LogP contribution in [0.3, 0.4) is 0 Å². The lowest BCUT2D eigenvalue weighted by molar-refractivity contribution is -0.145. The Bertz CT molecular complexity index is 662. The van der Waals surface area contributed by atoms with Crippen molar-refractivity contribution in [1.29, 1.82) is 0 Å². The molecule has 0 bridgehead atoms. The number of furan rings is 1. The van der Waals surface area contributed by atoms with Crippen molar-refractivity contribution >= 4 is 41.8 Å². The summed E-state index contributed by atoms with van der Waals surface area (Å²) in [5, 5.41) is 6.11. The van der Waals surface area contributed by atoms with Crippen LogP contribution in [-0.4, -0.2) is 63.1 Å². The number of rotatable bonds is 6. The minimum Gasteiger partial charge on any atom is -0.469 e. The number of methoxy groups -OCH3 is 1. The molecule has 2 rings (SSSR count). The van der Waals surface area contributed by atoms with Crippen LogP contribution >= 0.6 is 24.0 Å². The maximum atomic E-state index is 12.0. The Kier molecular flexibility index (Phi) is 9.61. The largest absolute Gasteiger partial charge is 0.469 e. The van der Waals surface area contributed by atoms with Gasteiger partial charge in [0.05, 0.1) is 19.3 Å². The lowest BCUT2D eigenvalue weighted by Gasteiger charge is -2.21. The zero-order valence-electron chi connectivity index (χ0n) is 16.3. The van der Waals surface area contributed by atoms with Gasteiger partial charge < -0.3 is 24.7 Å². The Morgan fingerprint density at radius 3 is 2.63 bits per heavy atom. The minimum atomic E-state index is -0.203. The molecule has 0 aliphatic carbocycles. The summed E-state index contributed by atoms with van der Waals surface area (Å²) in [4.78, 5) is 30.1. The Balaban J connectivity index is 0.00000364. The van der Waals surface area contributed by atoms with Crippen LogP contribution < -0.4 is 10.6 Å². The van der Waals surface area contributed by atoms with E-state index in [1.807, 2.05) is 13.8 Å². The van der Waals surface area contributed by atoms with Crippen molar-refractivity contribution in [2.75, 3.05) is 40.3 Å². The summed E-state index contributed by atoms with van der Waals surface area (Å²) in [6.45, 7) is 6.43. The molecule has 152 valence electrons. The highest BCUT2D eigenvalue weighted by molar-refractivity contribution is 14.0. The van der Waals surface area contributed by atoms with Crippen molar-refractivity contribution in [3.63, 3.8) is 0 Å². The van der Waals surface area contributed by atoms with Crippen molar-refractivity contribution in [2.24, 2.45) is 16.8 Å². The number of carbonyl (C=O) groups is 2. The van der Waals surface area contributed by atoms with Crippen molar-refractivity contribution in [3.05, 3.63) is 23.7 Å². The van der Waals surface area contributed by atoms with E-state index in [1.165, 1.54) is 13.4 Å². The fourth-order valence-corrected chi connectivity index (χ4v) is 3.11. The normalized spacial score (nSPS) is 19.4. The molecule has 1 aliphatic rings. The number of hydrogen-bond acceptors (Lipinski definition) is 5. The predicted octanol–water partition coefficient (Wildman–Crippen LogP) is 1.64. The summed E-state index contributed by atoms with van der Waals surface area (Å²) in [7, 11) is 3.14. The number of amides is 1. The fourth-order valence-electron chi connectivity index (χ4n) is 3.11. The van der Waals surface area contributed by atoms with Gasteiger partial charge in [0.2, 0.25) is 0 Å². The van der Waals surface area contributed by atoms with E-state index in [1.54, 1.807) is 13.1 Å². The summed E-state index contributed by atoms with van der Waals surface area (Å²) in [6, 6.07) is 1.76. The van der Waals surface area contributed by atoms with E-state index in [9.17, 15) is 9.59 Å². The van der Waals surface area contributed by atoms with Crippen LogP contribution in [0.2, 0.25) is 0 Å². The van der Waals surface area contributed by atoms with Gasteiger partial charge in [-0.2, -0.15) is 0 Å². The number of carbonyl (C=O) groups excluding carboxylic acids is 2. The lowest BCUT2D eigenvalue weighted by atomic mass is 9.99. The molecule has 0 spiro atoms. The van der Waals surface area contributed by atoms with E-state index >= 15 is 0 Å². The van der Waals surface area contributed by atoms with E-state index in [2.05, 4.69) is 20.5 Å². The van der Waals surface area contributed by atoms with Crippen molar-refractivity contribution in [3.8, 4) is 0 Å². The van der Waals surface area contributed by atoms with Crippen LogP contribution in [0.25, 0.3) is 0 Å². The van der Waals surface area contributed by atoms with Crippen LogP contribution in [0.5, 0.6) is 0 Å². The number of aliphatic imine (C=N–C) groups is 1. The molecule has 2 unspecified atom stereocenters. The highest BCUT2D eigenvalue weighted by Crippen LogP contribution is 2.23. The number of esters is 1. The molecule has 1 fully saturated rings. The predicted molar refractivity (Wildman–Crippen MR) is 113 cm³/mol. The Morgan fingerprint density at radius 1 is 1.33 bits per heavy atom. The van der Waals surface area contributed by atoms with Gasteiger partial charge in [0, 0.05) is 38.8 Å². The van der Waals surface area contributed by atoms with Crippen molar-refractivity contribution in [2.45, 2.75) is 20.3 Å². The number of guanidine groups is 1. The molecule has 2 heterocycles. The second kappa shape index (κ2) is 11.2. The molecule has 2 N–H and O–H groups in total. The SMILES string of the molecule is CN=C(NCCCNC(=O)c1occc1C)N1CC(C)C(C(=O)OC)C1.I. The third-order valence-corrected chi connectivity index (χ3v) is 4.62. The van der Waals surface area contributed by atoms with Crippen LogP contribution in [0.15, 0.2) is 21.7 Å². The number of halogens is 1. The van der Waals surface area contributed by atoms with Gasteiger partial charge >= 0.3 is 5.97 Å². The lowest BCUT2D eigenvalue weighted by Crippen LogP contribution is -2.41. The number of nitrogens with one attached hydrogen (secondary N) is 2. The smallest absolute Gasteiger partial charge is 0.310 e. The second-order valence-electron chi connectivity index (χ2n) is 6.53. The maximum Gasteiger partial charge on any atom is 0.310 e. The van der Waals surface area contributed by atoms with Crippen LogP contribution in [-0.2, 0) is 9.53 Å². The van der Waals surface area contributed by atoms with Gasteiger partial charge in [0.1, 0.15) is 0 Å². The standard InChI is InChI=1S/C18H28N4O4.HI/c1-12-6-9-26-15(12)16(23)20-7-5-8-21-18(19-3)22-10-13(2)14(11-22)17(24)25-4;/h6,9,13-14H,5,7-8,10-11H2,1-4H3,(H,19,21)(H,20,23);1H. The first-order valence-corrected chi connectivity index (χ1v) is 8.83. The monoisotopic (exact) mass is 492 g/mol. The second-order valence-corrected chi connectivity index (χ2v) is 6.53. The number of ether oxygens (including phenoxy) is 1. The van der Waals surface area contributed by atoms with Gasteiger partial charge in [0.25, 0.3) is 5.91 Å². The zero-order valence-corrected chi connectivity index (χ0v) is 18.6. The summed E-state index contributed by atoms with van der Waals surface area (Å²) < 4.78 is 10.0. The van der Waals surface area contributed by atoms with Crippen LogP contribution in [0.1, 0.15) is 29.5 Å². The third kappa shape index (κ3) is 6.12. The highest BCUT2D eigenvalue weighted by Gasteiger charge is 2.36. The first-order chi connectivity index (χ1) is 12.5. The van der Waals surface area contributed by atoms with E-state index in [0.717, 1.165) is 24.5 Å². The molecule has 8 nitrogen and oxygen atoms in total. The van der Waals surface area contributed by atoms with E-state index in [4.69, 9.17) is 9.15 Å². The molecule has 9 heteroatoms. The van der Waals surface area contributed by atoms with Crippen molar-refractivity contribution < 1.29 is 18.7 Å². The zero-order chi connectivity index (χ0) is 19.1. The quantitative estimate of drug-likeness (QED) is 0.206. The first kappa shape index (κ1) is 23.3. The first-order valence-electron chi connectivity index (χ1n) is 8.83. The van der Waals surface area contributed by atoms with Gasteiger partial charge in [-0.3, -0.25) is 14.6 Å². The molecular weight excluding hydrogens is 463 g/mol. The van der Waals surface area contributed by atoms with Gasteiger partial charge in [-0.05, 0) is 25.3 Å². The molecule has 0 saturated carbocycles. The molecule has 1 aliphatic heterocycles. The molecule has 27 heavy (non-hydrogen) atoms. The van der Waals surface area contributed by atoms with Gasteiger partial charge in [-0.25, -0.2) is 0 Å². The minimum absolute atomic E-state index is 0. The van der Waals surface area contributed by atoms with Gasteiger partial charge in [0.15, 0.2) is 11.7 Å². The highest BCUT2D eigenvalue weighted by atomic mass is 127.